The van der Waals surface area contributed by atoms with Crippen LogP contribution in [0.25, 0.3) is 0 Å². The summed E-state index contributed by atoms with van der Waals surface area (Å²) in [5.74, 6) is 0.475. The molecule has 1 heterocycles. The van der Waals surface area contributed by atoms with Crippen LogP contribution in [0.2, 0.25) is 0 Å². The SMILES string of the molecule is CNC(=O)c1cc(Br)cc2c1O[C@H](CO)[C@H]2C. The molecule has 0 spiro atoms. The number of ether oxygens (including phenoxy) is 1. The first-order valence-electron chi connectivity index (χ1n) is 5.41. The zero-order valence-electron chi connectivity index (χ0n) is 9.66. The number of benzene rings is 1. The molecule has 2 atom stereocenters. The third-order valence-electron chi connectivity index (χ3n) is 3.05. The Morgan fingerprint density at radius 1 is 1.59 bits per heavy atom. The Morgan fingerprint density at radius 3 is 2.88 bits per heavy atom. The molecule has 0 bridgehead atoms. The van der Waals surface area contributed by atoms with E-state index in [0.717, 1.165) is 10.0 Å². The van der Waals surface area contributed by atoms with Crippen LogP contribution in [0.4, 0.5) is 0 Å². The third-order valence-corrected chi connectivity index (χ3v) is 3.51. The second-order valence-electron chi connectivity index (χ2n) is 4.08. The molecular formula is C12H14BrNO3. The molecule has 0 saturated heterocycles. The number of fused-ring (bicyclic) bond motifs is 1. The van der Waals surface area contributed by atoms with Crippen LogP contribution in [0.15, 0.2) is 16.6 Å². The van der Waals surface area contributed by atoms with Gasteiger partial charge in [0, 0.05) is 23.0 Å². The Labute approximate surface area is 108 Å². The van der Waals surface area contributed by atoms with Gasteiger partial charge in [0.1, 0.15) is 11.9 Å². The molecule has 1 aliphatic rings. The molecule has 5 heteroatoms. The largest absolute Gasteiger partial charge is 0.486 e. The lowest BCUT2D eigenvalue weighted by Crippen LogP contribution is -2.22. The molecule has 0 aliphatic carbocycles. The molecule has 0 aromatic heterocycles. The van der Waals surface area contributed by atoms with Gasteiger partial charge in [-0.05, 0) is 12.1 Å². The third kappa shape index (κ3) is 2.05. The predicted octanol–water partition coefficient (Wildman–Crippen LogP) is 1.67. The van der Waals surface area contributed by atoms with Crippen molar-refractivity contribution in [3.05, 3.63) is 27.7 Å². The van der Waals surface area contributed by atoms with E-state index in [1.54, 1.807) is 13.1 Å². The van der Waals surface area contributed by atoms with Crippen LogP contribution in [0.1, 0.15) is 28.8 Å². The average Bonchev–Trinajstić information content (AvgIpc) is 2.64. The Morgan fingerprint density at radius 2 is 2.29 bits per heavy atom. The maximum Gasteiger partial charge on any atom is 0.254 e. The summed E-state index contributed by atoms with van der Waals surface area (Å²) >= 11 is 3.38. The lowest BCUT2D eigenvalue weighted by Gasteiger charge is -2.11. The molecule has 0 fully saturated rings. The van der Waals surface area contributed by atoms with Crippen molar-refractivity contribution >= 4 is 21.8 Å². The van der Waals surface area contributed by atoms with Gasteiger partial charge in [-0.2, -0.15) is 0 Å². The summed E-state index contributed by atoms with van der Waals surface area (Å²) in [6.07, 6.45) is -0.275. The molecule has 2 N–H and O–H groups in total. The van der Waals surface area contributed by atoms with Crippen molar-refractivity contribution in [2.75, 3.05) is 13.7 Å². The quantitative estimate of drug-likeness (QED) is 0.873. The normalized spacial score (nSPS) is 21.9. The van der Waals surface area contributed by atoms with E-state index in [0.29, 0.717) is 11.3 Å². The summed E-state index contributed by atoms with van der Waals surface area (Å²) in [5, 5.41) is 11.8. The molecule has 17 heavy (non-hydrogen) atoms. The minimum Gasteiger partial charge on any atom is -0.486 e. The number of halogens is 1. The smallest absolute Gasteiger partial charge is 0.254 e. The Hall–Kier alpha value is -1.07. The molecule has 1 amide bonds. The van der Waals surface area contributed by atoms with Gasteiger partial charge in [0.05, 0.1) is 12.2 Å². The molecule has 2 rings (SSSR count). The van der Waals surface area contributed by atoms with Gasteiger partial charge in [-0.1, -0.05) is 22.9 Å². The minimum absolute atomic E-state index is 0.0549. The molecule has 0 radical (unpaired) electrons. The number of carbonyl (C=O) groups is 1. The molecular weight excluding hydrogens is 286 g/mol. The first-order valence-corrected chi connectivity index (χ1v) is 6.20. The van der Waals surface area contributed by atoms with E-state index in [1.165, 1.54) is 0 Å². The number of hydrogen-bond donors (Lipinski definition) is 2. The molecule has 92 valence electrons. The van der Waals surface area contributed by atoms with Crippen LogP contribution in [-0.4, -0.2) is 30.8 Å². The van der Waals surface area contributed by atoms with Crippen molar-refractivity contribution in [1.29, 1.82) is 0 Å². The monoisotopic (exact) mass is 299 g/mol. The maximum absolute atomic E-state index is 11.8. The lowest BCUT2D eigenvalue weighted by atomic mass is 9.96. The van der Waals surface area contributed by atoms with Crippen LogP contribution < -0.4 is 10.1 Å². The van der Waals surface area contributed by atoms with Crippen LogP contribution in [0, 0.1) is 0 Å². The van der Waals surface area contributed by atoms with Crippen molar-refractivity contribution in [3.63, 3.8) is 0 Å². The Balaban J connectivity index is 2.52. The predicted molar refractivity (Wildman–Crippen MR) is 67.4 cm³/mol. The summed E-state index contributed by atoms with van der Waals surface area (Å²) in [6, 6.07) is 3.66. The Bertz CT molecular complexity index is 461. The second kappa shape index (κ2) is 4.66. The van der Waals surface area contributed by atoms with Crippen molar-refractivity contribution < 1.29 is 14.6 Å². The van der Waals surface area contributed by atoms with Crippen molar-refractivity contribution in [2.45, 2.75) is 18.9 Å². The number of rotatable bonds is 2. The summed E-state index contributed by atoms with van der Waals surface area (Å²) in [7, 11) is 1.58. The molecule has 1 aromatic carbocycles. The molecule has 0 saturated carbocycles. The first-order chi connectivity index (χ1) is 8.08. The fourth-order valence-corrected chi connectivity index (χ4v) is 2.51. The van der Waals surface area contributed by atoms with Gasteiger partial charge in [-0.15, -0.1) is 0 Å². The standard InChI is InChI=1S/C12H14BrNO3/c1-6-8-3-7(13)4-9(12(16)14-2)11(8)17-10(6)5-15/h3-4,6,10,15H,5H2,1-2H3,(H,14,16)/t6-,10+/m0/s1. The minimum atomic E-state index is -0.275. The van der Waals surface area contributed by atoms with Crippen LogP contribution in [0.3, 0.4) is 0 Å². The topological polar surface area (TPSA) is 58.6 Å². The van der Waals surface area contributed by atoms with E-state index in [9.17, 15) is 9.90 Å². The van der Waals surface area contributed by atoms with Crippen LogP contribution in [-0.2, 0) is 0 Å². The van der Waals surface area contributed by atoms with Gasteiger partial charge < -0.3 is 15.2 Å². The van der Waals surface area contributed by atoms with Crippen LogP contribution >= 0.6 is 15.9 Å². The maximum atomic E-state index is 11.8. The highest BCUT2D eigenvalue weighted by Crippen LogP contribution is 2.42. The highest BCUT2D eigenvalue weighted by atomic mass is 79.9. The van der Waals surface area contributed by atoms with Crippen molar-refractivity contribution in [1.82, 2.24) is 5.32 Å². The number of nitrogens with one attached hydrogen (secondary N) is 1. The number of aliphatic hydroxyl groups is 1. The highest BCUT2D eigenvalue weighted by Gasteiger charge is 2.33. The molecule has 0 unspecified atom stereocenters. The average molecular weight is 300 g/mol. The van der Waals surface area contributed by atoms with Gasteiger partial charge in [-0.3, -0.25) is 4.79 Å². The van der Waals surface area contributed by atoms with E-state index in [4.69, 9.17) is 4.74 Å². The summed E-state index contributed by atoms with van der Waals surface area (Å²) in [6.45, 7) is 1.92. The second-order valence-corrected chi connectivity index (χ2v) is 4.99. The van der Waals surface area contributed by atoms with Crippen molar-refractivity contribution in [3.8, 4) is 5.75 Å². The zero-order chi connectivity index (χ0) is 12.6. The van der Waals surface area contributed by atoms with Gasteiger partial charge in [0.2, 0.25) is 0 Å². The summed E-state index contributed by atoms with van der Waals surface area (Å²) in [5.41, 5.74) is 1.46. The lowest BCUT2D eigenvalue weighted by molar-refractivity contribution is 0.0945. The summed E-state index contributed by atoms with van der Waals surface area (Å²) < 4.78 is 6.48. The van der Waals surface area contributed by atoms with Gasteiger partial charge in [0.25, 0.3) is 5.91 Å². The fourth-order valence-electron chi connectivity index (χ4n) is 2.04. The van der Waals surface area contributed by atoms with E-state index in [2.05, 4.69) is 21.2 Å². The highest BCUT2D eigenvalue weighted by molar-refractivity contribution is 9.10. The van der Waals surface area contributed by atoms with Gasteiger partial charge in [-0.25, -0.2) is 0 Å². The van der Waals surface area contributed by atoms with Crippen LogP contribution in [0.5, 0.6) is 5.75 Å². The summed E-state index contributed by atoms with van der Waals surface area (Å²) in [4.78, 5) is 11.8. The molecule has 1 aromatic rings. The van der Waals surface area contributed by atoms with Gasteiger partial charge >= 0.3 is 0 Å². The molecule has 1 aliphatic heterocycles. The van der Waals surface area contributed by atoms with Crippen molar-refractivity contribution in [2.24, 2.45) is 0 Å². The number of aliphatic hydroxyl groups excluding tert-OH is 1. The number of hydrogen-bond acceptors (Lipinski definition) is 3. The van der Waals surface area contributed by atoms with Gasteiger partial charge in [0.15, 0.2) is 0 Å². The molecule has 4 nitrogen and oxygen atoms in total. The number of carbonyl (C=O) groups excluding carboxylic acids is 1. The first kappa shape index (κ1) is 12.4. The van der Waals surface area contributed by atoms with E-state index >= 15 is 0 Å². The van der Waals surface area contributed by atoms with E-state index in [1.807, 2.05) is 13.0 Å². The zero-order valence-corrected chi connectivity index (χ0v) is 11.2. The van der Waals surface area contributed by atoms with E-state index < -0.39 is 0 Å². The van der Waals surface area contributed by atoms with E-state index in [-0.39, 0.29) is 24.5 Å². The fraction of sp³-hybridized carbons (Fsp3) is 0.417. The Kier molecular flexibility index (Phi) is 3.40. The number of amides is 1.